The minimum Gasteiger partial charge on any atom is -0.380 e. The van der Waals surface area contributed by atoms with E-state index < -0.39 is 0 Å². The maximum atomic E-state index is 11.4. The molecule has 3 nitrogen and oxygen atoms in total. The molecular formula is C10H10INO2. The van der Waals surface area contributed by atoms with Gasteiger partial charge in [-0.05, 0) is 39.8 Å². The highest BCUT2D eigenvalue weighted by molar-refractivity contribution is 14.1. The highest BCUT2D eigenvalue weighted by Gasteiger charge is 2.22. The predicted octanol–water partition coefficient (Wildman–Crippen LogP) is 1.68. The van der Waals surface area contributed by atoms with Crippen LogP contribution in [0.25, 0.3) is 0 Å². The fourth-order valence-corrected chi connectivity index (χ4v) is 2.62. The van der Waals surface area contributed by atoms with Gasteiger partial charge in [0.15, 0.2) is 0 Å². The molecule has 1 aliphatic rings. The first-order valence-corrected chi connectivity index (χ1v) is 5.38. The molecule has 74 valence electrons. The molecule has 0 atom stereocenters. The molecule has 0 saturated heterocycles. The zero-order chi connectivity index (χ0) is 10.1. The van der Waals surface area contributed by atoms with Crippen LogP contribution in [0.5, 0.6) is 0 Å². The molecular weight excluding hydrogens is 293 g/mol. The average Bonchev–Trinajstić information content (AvgIpc) is 2.48. The molecule has 1 N–H and O–H groups in total. The maximum absolute atomic E-state index is 11.4. The van der Waals surface area contributed by atoms with Gasteiger partial charge in [-0.1, -0.05) is 6.07 Å². The van der Waals surface area contributed by atoms with Crippen LogP contribution >= 0.6 is 22.6 Å². The summed E-state index contributed by atoms with van der Waals surface area (Å²) in [4.78, 5) is 11.4. The molecule has 2 rings (SSSR count). The number of nitrogens with one attached hydrogen (secondary N) is 1. The average molecular weight is 303 g/mol. The second-order valence-corrected chi connectivity index (χ2v) is 4.39. The van der Waals surface area contributed by atoms with Crippen molar-refractivity contribution in [1.82, 2.24) is 5.32 Å². The number of ether oxygens (including phenoxy) is 1. The summed E-state index contributed by atoms with van der Waals surface area (Å²) in [5.74, 6) is 0.0355. The lowest BCUT2D eigenvalue weighted by atomic mass is 10.1. The minimum atomic E-state index is 0.0355. The van der Waals surface area contributed by atoms with Gasteiger partial charge in [0.05, 0.1) is 12.2 Å². The Morgan fingerprint density at radius 1 is 1.57 bits per heavy atom. The van der Waals surface area contributed by atoms with Gasteiger partial charge in [0.25, 0.3) is 5.91 Å². The number of carbonyl (C=O) groups is 1. The summed E-state index contributed by atoms with van der Waals surface area (Å²) in [6, 6.07) is 4.02. The highest BCUT2D eigenvalue weighted by Crippen LogP contribution is 2.23. The van der Waals surface area contributed by atoms with E-state index in [2.05, 4.69) is 27.9 Å². The molecule has 1 aliphatic heterocycles. The largest absolute Gasteiger partial charge is 0.380 e. The van der Waals surface area contributed by atoms with Crippen LogP contribution in [0.15, 0.2) is 12.1 Å². The lowest BCUT2D eigenvalue weighted by Gasteiger charge is -2.04. The summed E-state index contributed by atoms with van der Waals surface area (Å²) in [5.41, 5.74) is 3.02. The third kappa shape index (κ3) is 1.64. The predicted molar refractivity (Wildman–Crippen MR) is 61.0 cm³/mol. The van der Waals surface area contributed by atoms with Gasteiger partial charge in [0, 0.05) is 17.2 Å². The highest BCUT2D eigenvalue weighted by atomic mass is 127. The van der Waals surface area contributed by atoms with E-state index in [0.29, 0.717) is 13.2 Å². The molecule has 1 heterocycles. The molecule has 0 saturated carbocycles. The minimum absolute atomic E-state index is 0.0355. The molecule has 0 unspecified atom stereocenters. The Bertz CT molecular complexity index is 390. The van der Waals surface area contributed by atoms with Gasteiger partial charge in [-0.25, -0.2) is 0 Å². The number of carbonyl (C=O) groups excluding carboxylic acids is 1. The Morgan fingerprint density at radius 2 is 2.36 bits per heavy atom. The van der Waals surface area contributed by atoms with Gasteiger partial charge >= 0.3 is 0 Å². The number of methoxy groups -OCH3 is 1. The van der Waals surface area contributed by atoms with Crippen LogP contribution in [0.4, 0.5) is 0 Å². The number of rotatable bonds is 2. The fourth-order valence-electron chi connectivity index (χ4n) is 1.63. The standard InChI is InChI=1S/C10H10INO2/c1-14-5-6-2-7-4-12-10(13)9(7)8(11)3-6/h2-3H,4-5H2,1H3,(H,12,13). The summed E-state index contributed by atoms with van der Waals surface area (Å²) in [5, 5.41) is 2.81. The molecule has 0 radical (unpaired) electrons. The number of hydrogen-bond donors (Lipinski definition) is 1. The van der Waals surface area contributed by atoms with Crippen molar-refractivity contribution in [3.8, 4) is 0 Å². The van der Waals surface area contributed by atoms with Crippen LogP contribution in [-0.2, 0) is 17.9 Å². The first-order chi connectivity index (χ1) is 6.72. The quantitative estimate of drug-likeness (QED) is 0.844. The third-order valence-electron chi connectivity index (χ3n) is 2.21. The van der Waals surface area contributed by atoms with Crippen molar-refractivity contribution < 1.29 is 9.53 Å². The van der Waals surface area contributed by atoms with Gasteiger partial charge in [-0.15, -0.1) is 0 Å². The summed E-state index contributed by atoms with van der Waals surface area (Å²) >= 11 is 2.19. The van der Waals surface area contributed by atoms with Crippen molar-refractivity contribution in [3.05, 3.63) is 32.4 Å². The van der Waals surface area contributed by atoms with E-state index in [9.17, 15) is 4.79 Å². The second kappa shape index (κ2) is 3.86. The van der Waals surface area contributed by atoms with E-state index in [1.807, 2.05) is 12.1 Å². The molecule has 1 aromatic rings. The van der Waals surface area contributed by atoms with Crippen LogP contribution in [-0.4, -0.2) is 13.0 Å². The van der Waals surface area contributed by atoms with Crippen molar-refractivity contribution in [2.75, 3.05) is 7.11 Å². The molecule has 4 heteroatoms. The number of halogens is 1. The molecule has 1 amide bonds. The third-order valence-corrected chi connectivity index (χ3v) is 3.06. The molecule has 0 aromatic heterocycles. The zero-order valence-electron chi connectivity index (χ0n) is 7.76. The number of hydrogen-bond acceptors (Lipinski definition) is 2. The summed E-state index contributed by atoms with van der Waals surface area (Å²) in [6.07, 6.45) is 0. The number of fused-ring (bicyclic) bond motifs is 1. The molecule has 14 heavy (non-hydrogen) atoms. The van der Waals surface area contributed by atoms with Crippen molar-refractivity contribution in [2.24, 2.45) is 0 Å². The Labute approximate surface area is 96.0 Å². The van der Waals surface area contributed by atoms with Crippen molar-refractivity contribution in [3.63, 3.8) is 0 Å². The normalized spacial score (nSPS) is 14.0. The zero-order valence-corrected chi connectivity index (χ0v) is 9.92. The summed E-state index contributed by atoms with van der Waals surface area (Å²) in [7, 11) is 1.67. The van der Waals surface area contributed by atoms with Crippen LogP contribution in [0.2, 0.25) is 0 Å². The smallest absolute Gasteiger partial charge is 0.252 e. The number of benzene rings is 1. The van der Waals surface area contributed by atoms with Crippen molar-refractivity contribution in [1.29, 1.82) is 0 Å². The van der Waals surface area contributed by atoms with E-state index in [1.54, 1.807) is 7.11 Å². The second-order valence-electron chi connectivity index (χ2n) is 3.23. The molecule has 0 aliphatic carbocycles. The molecule has 0 bridgehead atoms. The topological polar surface area (TPSA) is 38.3 Å². The van der Waals surface area contributed by atoms with Crippen molar-refractivity contribution >= 4 is 28.5 Å². The Kier molecular flexibility index (Phi) is 2.73. The van der Waals surface area contributed by atoms with Gasteiger partial charge in [-0.3, -0.25) is 4.79 Å². The van der Waals surface area contributed by atoms with Gasteiger partial charge in [-0.2, -0.15) is 0 Å². The van der Waals surface area contributed by atoms with E-state index in [1.165, 1.54) is 0 Å². The van der Waals surface area contributed by atoms with E-state index in [4.69, 9.17) is 4.74 Å². The Hall–Kier alpha value is -0.620. The van der Waals surface area contributed by atoms with Crippen LogP contribution < -0.4 is 5.32 Å². The Morgan fingerprint density at radius 3 is 3.07 bits per heavy atom. The van der Waals surface area contributed by atoms with Gasteiger partial charge < -0.3 is 10.1 Å². The maximum Gasteiger partial charge on any atom is 0.252 e. The van der Waals surface area contributed by atoms with Crippen LogP contribution in [0.1, 0.15) is 21.5 Å². The first-order valence-electron chi connectivity index (χ1n) is 4.31. The molecule has 1 aromatic carbocycles. The lowest BCUT2D eigenvalue weighted by molar-refractivity contribution is 0.0965. The summed E-state index contributed by atoms with van der Waals surface area (Å²) < 4.78 is 6.06. The Balaban J connectivity index is 2.46. The van der Waals surface area contributed by atoms with E-state index >= 15 is 0 Å². The SMILES string of the molecule is COCc1cc(I)c2c(c1)CNC2=O. The van der Waals surface area contributed by atoms with Gasteiger partial charge in [0.1, 0.15) is 0 Å². The molecule has 0 fully saturated rings. The van der Waals surface area contributed by atoms with Crippen LogP contribution in [0.3, 0.4) is 0 Å². The van der Waals surface area contributed by atoms with Gasteiger partial charge in [0.2, 0.25) is 0 Å². The van der Waals surface area contributed by atoms with Crippen molar-refractivity contribution in [2.45, 2.75) is 13.2 Å². The first kappa shape index (κ1) is 9.92. The molecule has 0 spiro atoms. The fraction of sp³-hybridized carbons (Fsp3) is 0.300. The van der Waals surface area contributed by atoms with E-state index in [0.717, 1.165) is 20.3 Å². The summed E-state index contributed by atoms with van der Waals surface area (Å²) in [6.45, 7) is 1.24. The monoisotopic (exact) mass is 303 g/mol. The number of amides is 1. The van der Waals surface area contributed by atoms with E-state index in [-0.39, 0.29) is 5.91 Å². The van der Waals surface area contributed by atoms with Crippen LogP contribution in [0, 0.1) is 3.57 Å². The lowest BCUT2D eigenvalue weighted by Crippen LogP contribution is -2.13.